The SMILES string of the molecule is CC(=O)c1ccccc1NC(=O)[C@@H](C)Sc1nc2ccccc2c(=O)n1-c1ccc(C)cn1. The summed E-state index contributed by atoms with van der Waals surface area (Å²) in [5.74, 6) is -0.0119. The van der Waals surface area contributed by atoms with Crippen molar-refractivity contribution in [3.8, 4) is 5.82 Å². The van der Waals surface area contributed by atoms with E-state index in [2.05, 4.69) is 15.3 Å². The van der Waals surface area contributed by atoms with Crippen LogP contribution in [0.1, 0.15) is 29.8 Å². The highest BCUT2D eigenvalue weighted by atomic mass is 32.2. The highest BCUT2D eigenvalue weighted by molar-refractivity contribution is 8.00. The average Bonchev–Trinajstić information content (AvgIpc) is 2.80. The lowest BCUT2D eigenvalue weighted by Gasteiger charge is -2.16. The Morgan fingerprint density at radius 3 is 2.48 bits per heavy atom. The molecule has 2 aromatic carbocycles. The maximum Gasteiger partial charge on any atom is 0.267 e. The van der Waals surface area contributed by atoms with Gasteiger partial charge >= 0.3 is 0 Å². The van der Waals surface area contributed by atoms with Crippen molar-refractivity contribution in [2.45, 2.75) is 31.2 Å². The van der Waals surface area contributed by atoms with Crippen molar-refractivity contribution in [1.29, 1.82) is 0 Å². The van der Waals surface area contributed by atoms with Crippen LogP contribution in [0.15, 0.2) is 76.8 Å². The molecule has 0 fully saturated rings. The minimum absolute atomic E-state index is 0.137. The van der Waals surface area contributed by atoms with Gasteiger partial charge in [-0.05, 0) is 56.7 Å². The van der Waals surface area contributed by atoms with Crippen LogP contribution in [0, 0.1) is 6.92 Å². The molecule has 0 radical (unpaired) electrons. The minimum Gasteiger partial charge on any atom is -0.324 e. The molecule has 1 atom stereocenters. The minimum atomic E-state index is -0.602. The maximum absolute atomic E-state index is 13.3. The number of aryl methyl sites for hydroxylation is 1. The van der Waals surface area contributed by atoms with Crippen LogP contribution in [0.3, 0.4) is 0 Å². The number of rotatable bonds is 6. The number of aromatic nitrogens is 3. The molecule has 33 heavy (non-hydrogen) atoms. The van der Waals surface area contributed by atoms with E-state index in [1.807, 2.05) is 19.1 Å². The first-order chi connectivity index (χ1) is 15.8. The van der Waals surface area contributed by atoms with Gasteiger partial charge < -0.3 is 5.32 Å². The second-order valence-electron chi connectivity index (χ2n) is 7.60. The smallest absolute Gasteiger partial charge is 0.267 e. The third-order valence-corrected chi connectivity index (χ3v) is 6.14. The molecule has 1 amide bonds. The van der Waals surface area contributed by atoms with Crippen molar-refractivity contribution in [2.75, 3.05) is 5.32 Å². The van der Waals surface area contributed by atoms with E-state index >= 15 is 0 Å². The van der Waals surface area contributed by atoms with E-state index in [1.165, 1.54) is 11.5 Å². The molecule has 8 heteroatoms. The predicted molar refractivity (Wildman–Crippen MR) is 130 cm³/mol. The second-order valence-corrected chi connectivity index (χ2v) is 8.90. The molecule has 2 heterocycles. The first kappa shape index (κ1) is 22.4. The van der Waals surface area contributed by atoms with Gasteiger partial charge in [-0.1, -0.05) is 42.1 Å². The van der Waals surface area contributed by atoms with Crippen LogP contribution >= 0.6 is 11.8 Å². The number of carbonyl (C=O) groups excluding carboxylic acids is 2. The molecule has 166 valence electrons. The van der Waals surface area contributed by atoms with Crippen LogP contribution in [-0.2, 0) is 4.79 Å². The summed E-state index contributed by atoms with van der Waals surface area (Å²) in [4.78, 5) is 47.2. The lowest BCUT2D eigenvalue weighted by molar-refractivity contribution is -0.115. The summed E-state index contributed by atoms with van der Waals surface area (Å²) in [6, 6.07) is 17.6. The van der Waals surface area contributed by atoms with Gasteiger partial charge in [0.2, 0.25) is 5.91 Å². The van der Waals surface area contributed by atoms with E-state index in [0.29, 0.717) is 33.1 Å². The summed E-state index contributed by atoms with van der Waals surface area (Å²) in [5.41, 5.74) is 2.14. The number of hydrogen-bond donors (Lipinski definition) is 1. The zero-order valence-electron chi connectivity index (χ0n) is 18.4. The molecule has 4 rings (SSSR count). The number of nitrogens with zero attached hydrogens (tertiary/aromatic N) is 3. The zero-order chi connectivity index (χ0) is 23.5. The Hall–Kier alpha value is -3.78. The third kappa shape index (κ3) is 4.70. The van der Waals surface area contributed by atoms with Crippen LogP contribution in [0.25, 0.3) is 16.7 Å². The van der Waals surface area contributed by atoms with Crippen molar-refractivity contribution < 1.29 is 9.59 Å². The zero-order valence-corrected chi connectivity index (χ0v) is 19.2. The Labute approximate surface area is 194 Å². The Kier molecular flexibility index (Phi) is 6.37. The van der Waals surface area contributed by atoms with Gasteiger partial charge in [0.15, 0.2) is 10.9 Å². The number of Topliss-reactive ketones (excluding diaryl/α,β-unsaturated/α-hetero) is 1. The molecule has 0 aliphatic rings. The summed E-state index contributed by atoms with van der Waals surface area (Å²) in [6.07, 6.45) is 1.68. The van der Waals surface area contributed by atoms with Gasteiger partial charge in [0.05, 0.1) is 21.8 Å². The Bertz CT molecular complexity index is 1410. The van der Waals surface area contributed by atoms with E-state index in [4.69, 9.17) is 0 Å². The summed E-state index contributed by atoms with van der Waals surface area (Å²) >= 11 is 1.15. The number of thioether (sulfide) groups is 1. The van der Waals surface area contributed by atoms with Crippen LogP contribution in [0.5, 0.6) is 0 Å². The van der Waals surface area contributed by atoms with E-state index < -0.39 is 5.25 Å². The summed E-state index contributed by atoms with van der Waals surface area (Å²) in [7, 11) is 0. The standard InChI is InChI=1S/C25H22N4O3S/c1-15-12-13-22(26-14-15)29-24(32)19-9-5-7-11-21(19)28-25(29)33-17(3)23(31)27-20-10-6-4-8-18(20)16(2)30/h4-14,17H,1-3H3,(H,27,31)/t17-/m1/s1. The number of hydrogen-bond acceptors (Lipinski definition) is 6. The number of para-hydroxylation sites is 2. The van der Waals surface area contributed by atoms with Crippen molar-refractivity contribution in [1.82, 2.24) is 14.5 Å². The molecule has 4 aromatic rings. The number of amides is 1. The van der Waals surface area contributed by atoms with Crippen LogP contribution in [0.4, 0.5) is 5.69 Å². The molecule has 0 spiro atoms. The van der Waals surface area contributed by atoms with Crippen LogP contribution in [0.2, 0.25) is 0 Å². The number of carbonyl (C=O) groups is 2. The highest BCUT2D eigenvalue weighted by Gasteiger charge is 2.22. The van der Waals surface area contributed by atoms with E-state index in [9.17, 15) is 14.4 Å². The molecule has 0 bridgehead atoms. The van der Waals surface area contributed by atoms with Crippen LogP contribution < -0.4 is 10.9 Å². The molecule has 0 unspecified atom stereocenters. The Balaban J connectivity index is 1.71. The van der Waals surface area contributed by atoms with Crippen LogP contribution in [-0.4, -0.2) is 31.5 Å². The molecular formula is C25H22N4O3S. The second kappa shape index (κ2) is 9.38. The lowest BCUT2D eigenvalue weighted by Crippen LogP contribution is -2.27. The fourth-order valence-corrected chi connectivity index (χ4v) is 4.25. The first-order valence-corrected chi connectivity index (χ1v) is 11.3. The van der Waals surface area contributed by atoms with Gasteiger partial charge in [-0.25, -0.2) is 14.5 Å². The molecule has 0 saturated heterocycles. The molecule has 0 aliphatic carbocycles. The molecular weight excluding hydrogens is 436 g/mol. The quantitative estimate of drug-likeness (QED) is 0.261. The van der Waals surface area contributed by atoms with E-state index in [-0.39, 0.29) is 17.2 Å². The van der Waals surface area contributed by atoms with Crippen molar-refractivity contribution in [2.24, 2.45) is 0 Å². The van der Waals surface area contributed by atoms with E-state index in [0.717, 1.165) is 17.3 Å². The molecule has 0 saturated carbocycles. The van der Waals surface area contributed by atoms with Crippen molar-refractivity contribution >= 4 is 40.0 Å². The molecule has 0 aliphatic heterocycles. The Morgan fingerprint density at radius 1 is 1.03 bits per heavy atom. The Morgan fingerprint density at radius 2 is 1.76 bits per heavy atom. The molecule has 1 N–H and O–H groups in total. The fourth-order valence-electron chi connectivity index (χ4n) is 3.33. The number of nitrogens with one attached hydrogen (secondary N) is 1. The van der Waals surface area contributed by atoms with Gasteiger partial charge in [-0.3, -0.25) is 14.4 Å². The van der Waals surface area contributed by atoms with Gasteiger partial charge in [0.1, 0.15) is 5.82 Å². The normalized spacial score (nSPS) is 11.8. The fraction of sp³-hybridized carbons (Fsp3) is 0.160. The van der Waals surface area contributed by atoms with Gasteiger partial charge in [0.25, 0.3) is 5.56 Å². The van der Waals surface area contributed by atoms with Gasteiger partial charge in [-0.2, -0.15) is 0 Å². The largest absolute Gasteiger partial charge is 0.324 e. The lowest BCUT2D eigenvalue weighted by atomic mass is 10.1. The number of anilines is 1. The summed E-state index contributed by atoms with van der Waals surface area (Å²) in [6.45, 7) is 5.10. The third-order valence-electron chi connectivity index (χ3n) is 5.09. The highest BCUT2D eigenvalue weighted by Crippen LogP contribution is 2.26. The molecule has 2 aromatic heterocycles. The number of fused-ring (bicyclic) bond motifs is 1. The van der Waals surface area contributed by atoms with Gasteiger partial charge in [-0.15, -0.1) is 0 Å². The number of ketones is 1. The predicted octanol–water partition coefficient (Wildman–Crippen LogP) is 4.41. The number of benzene rings is 2. The van der Waals surface area contributed by atoms with Crippen molar-refractivity contribution in [3.05, 3.63) is 88.3 Å². The monoisotopic (exact) mass is 458 g/mol. The first-order valence-electron chi connectivity index (χ1n) is 10.4. The average molecular weight is 459 g/mol. The molecule has 7 nitrogen and oxygen atoms in total. The maximum atomic E-state index is 13.3. The van der Waals surface area contributed by atoms with Crippen molar-refractivity contribution in [3.63, 3.8) is 0 Å². The summed E-state index contributed by atoms with van der Waals surface area (Å²) in [5, 5.41) is 3.04. The topological polar surface area (TPSA) is 94.0 Å². The number of pyridine rings is 1. The summed E-state index contributed by atoms with van der Waals surface area (Å²) < 4.78 is 1.43. The van der Waals surface area contributed by atoms with Gasteiger partial charge in [0, 0.05) is 11.8 Å². The van der Waals surface area contributed by atoms with E-state index in [1.54, 1.807) is 61.7 Å².